The lowest BCUT2D eigenvalue weighted by atomic mass is 10.0. The molecular weight excluding hydrogens is 415 g/mol. The van der Waals surface area contributed by atoms with Crippen LogP contribution in [0.2, 0.25) is 0 Å². The summed E-state index contributed by atoms with van der Waals surface area (Å²) in [6.45, 7) is 6.77. The van der Waals surface area contributed by atoms with Gasteiger partial charge in [-0.15, -0.1) is 24.8 Å². The molecular formula is C13H20Br2Cl2N2. The first kappa shape index (κ1) is 19.7. The van der Waals surface area contributed by atoms with Crippen molar-refractivity contribution in [2.24, 2.45) is 0 Å². The highest BCUT2D eigenvalue weighted by Crippen LogP contribution is 2.30. The normalized spacial score (nSPS) is 17.2. The summed E-state index contributed by atoms with van der Waals surface area (Å²) in [5, 5.41) is 3.41. The number of piperazine rings is 1. The third-order valence-corrected chi connectivity index (χ3v) is 5.19. The van der Waals surface area contributed by atoms with E-state index in [2.05, 4.69) is 67.2 Å². The fourth-order valence-electron chi connectivity index (χ4n) is 2.42. The van der Waals surface area contributed by atoms with Gasteiger partial charge in [0.25, 0.3) is 0 Å². The van der Waals surface area contributed by atoms with E-state index in [1.807, 2.05) is 0 Å². The predicted molar refractivity (Wildman–Crippen MR) is 93.8 cm³/mol. The van der Waals surface area contributed by atoms with Crippen LogP contribution in [0.1, 0.15) is 24.9 Å². The minimum absolute atomic E-state index is 0. The number of benzene rings is 1. The van der Waals surface area contributed by atoms with Crippen LogP contribution in [0.25, 0.3) is 0 Å². The molecule has 6 heteroatoms. The molecule has 0 radical (unpaired) electrons. The molecule has 1 saturated heterocycles. The van der Waals surface area contributed by atoms with Crippen molar-refractivity contribution in [3.63, 3.8) is 0 Å². The molecule has 0 aromatic heterocycles. The van der Waals surface area contributed by atoms with E-state index in [1.165, 1.54) is 5.56 Å². The van der Waals surface area contributed by atoms with Crippen LogP contribution < -0.4 is 5.32 Å². The maximum Gasteiger partial charge on any atom is 0.0346 e. The summed E-state index contributed by atoms with van der Waals surface area (Å²) in [6, 6.07) is 7.14. The molecule has 0 aliphatic carbocycles. The van der Waals surface area contributed by atoms with Gasteiger partial charge in [-0.1, -0.05) is 13.0 Å². The molecule has 0 spiro atoms. The van der Waals surface area contributed by atoms with E-state index in [4.69, 9.17) is 0 Å². The Morgan fingerprint density at radius 2 is 1.79 bits per heavy atom. The van der Waals surface area contributed by atoms with Gasteiger partial charge in [-0.3, -0.25) is 4.90 Å². The summed E-state index contributed by atoms with van der Waals surface area (Å²) in [6.07, 6.45) is 1.16. The Bertz CT molecular complexity index is 385. The summed E-state index contributed by atoms with van der Waals surface area (Å²) in [5.41, 5.74) is 1.41. The monoisotopic (exact) mass is 432 g/mol. The average molecular weight is 435 g/mol. The predicted octanol–water partition coefficient (Wildman–Crippen LogP) is 4.41. The van der Waals surface area contributed by atoms with E-state index in [-0.39, 0.29) is 24.8 Å². The molecule has 1 aliphatic rings. The van der Waals surface area contributed by atoms with Crippen LogP contribution in [0.4, 0.5) is 0 Å². The summed E-state index contributed by atoms with van der Waals surface area (Å²) >= 11 is 7.12. The van der Waals surface area contributed by atoms with Gasteiger partial charge in [-0.05, 0) is 56.0 Å². The highest BCUT2D eigenvalue weighted by Gasteiger charge is 2.20. The number of hydrogen-bond acceptors (Lipinski definition) is 2. The van der Waals surface area contributed by atoms with Crippen LogP contribution in [-0.4, -0.2) is 31.1 Å². The first-order valence-electron chi connectivity index (χ1n) is 6.12. The van der Waals surface area contributed by atoms with E-state index < -0.39 is 0 Å². The molecule has 1 N–H and O–H groups in total. The van der Waals surface area contributed by atoms with Crippen molar-refractivity contribution in [2.45, 2.75) is 19.4 Å². The first-order valence-corrected chi connectivity index (χ1v) is 7.70. The smallest absolute Gasteiger partial charge is 0.0346 e. The summed E-state index contributed by atoms with van der Waals surface area (Å²) in [4.78, 5) is 2.58. The van der Waals surface area contributed by atoms with Crippen LogP contribution in [0.5, 0.6) is 0 Å². The Kier molecular flexibility index (Phi) is 9.93. The van der Waals surface area contributed by atoms with Gasteiger partial charge in [0.2, 0.25) is 0 Å². The molecule has 0 bridgehead atoms. The molecule has 2 rings (SSSR count). The molecule has 1 aromatic carbocycles. The van der Waals surface area contributed by atoms with E-state index in [0.717, 1.165) is 41.5 Å². The summed E-state index contributed by atoms with van der Waals surface area (Å²) in [5.74, 6) is 0. The first-order chi connectivity index (χ1) is 8.22. The number of rotatable bonds is 3. The van der Waals surface area contributed by atoms with E-state index in [9.17, 15) is 0 Å². The average Bonchev–Trinajstić information content (AvgIpc) is 2.36. The molecule has 1 aromatic rings. The standard InChI is InChI=1S/C13H18Br2N2.2ClH/c1-2-13(17-7-5-16-6-8-17)10-3-4-11(14)12(15)9-10;;/h3-4,9,13,16H,2,5-8H2,1H3;2*1H/t13-;;/m1../s1. The zero-order chi connectivity index (χ0) is 12.3. The highest BCUT2D eigenvalue weighted by molar-refractivity contribution is 9.13. The highest BCUT2D eigenvalue weighted by atomic mass is 79.9. The van der Waals surface area contributed by atoms with Crippen molar-refractivity contribution in [3.8, 4) is 0 Å². The molecule has 0 saturated carbocycles. The third-order valence-electron chi connectivity index (χ3n) is 3.31. The molecule has 19 heavy (non-hydrogen) atoms. The molecule has 1 fully saturated rings. The Balaban J connectivity index is 0.00000162. The lowest BCUT2D eigenvalue weighted by Gasteiger charge is -2.34. The number of hydrogen-bond donors (Lipinski definition) is 1. The maximum atomic E-state index is 3.59. The summed E-state index contributed by atoms with van der Waals surface area (Å²) < 4.78 is 2.26. The zero-order valence-corrected chi connectivity index (χ0v) is 15.7. The SMILES string of the molecule is CC[C@H](c1ccc(Br)c(Br)c1)N1CCNCC1.Cl.Cl. The van der Waals surface area contributed by atoms with Crippen LogP contribution in [0.15, 0.2) is 27.1 Å². The zero-order valence-electron chi connectivity index (χ0n) is 10.9. The molecule has 2 nitrogen and oxygen atoms in total. The lowest BCUT2D eigenvalue weighted by Crippen LogP contribution is -2.45. The fraction of sp³-hybridized carbons (Fsp3) is 0.538. The molecule has 1 atom stereocenters. The Morgan fingerprint density at radius 1 is 1.16 bits per heavy atom. The van der Waals surface area contributed by atoms with E-state index >= 15 is 0 Å². The van der Waals surface area contributed by atoms with Gasteiger partial charge in [0.05, 0.1) is 0 Å². The molecule has 110 valence electrons. The van der Waals surface area contributed by atoms with Crippen LogP contribution in [0, 0.1) is 0 Å². The Labute approximate surface area is 144 Å². The molecule has 0 amide bonds. The maximum absolute atomic E-state index is 3.59. The van der Waals surface area contributed by atoms with Crippen molar-refractivity contribution < 1.29 is 0 Å². The quantitative estimate of drug-likeness (QED) is 0.757. The lowest BCUT2D eigenvalue weighted by molar-refractivity contribution is 0.169. The minimum atomic E-state index is 0. The largest absolute Gasteiger partial charge is 0.314 e. The topological polar surface area (TPSA) is 15.3 Å². The van der Waals surface area contributed by atoms with E-state index in [1.54, 1.807) is 0 Å². The van der Waals surface area contributed by atoms with Gasteiger partial charge in [0, 0.05) is 41.2 Å². The number of halogens is 4. The van der Waals surface area contributed by atoms with Crippen molar-refractivity contribution in [3.05, 3.63) is 32.7 Å². The second-order valence-electron chi connectivity index (χ2n) is 4.38. The number of nitrogens with zero attached hydrogens (tertiary/aromatic N) is 1. The second kappa shape index (κ2) is 9.59. The molecule has 0 unspecified atom stereocenters. The van der Waals surface area contributed by atoms with Gasteiger partial charge in [0.1, 0.15) is 0 Å². The van der Waals surface area contributed by atoms with Crippen LogP contribution in [0.3, 0.4) is 0 Å². The molecule has 1 aliphatic heterocycles. The minimum Gasteiger partial charge on any atom is -0.314 e. The van der Waals surface area contributed by atoms with Gasteiger partial charge in [-0.2, -0.15) is 0 Å². The van der Waals surface area contributed by atoms with Crippen molar-refractivity contribution in [1.82, 2.24) is 10.2 Å². The summed E-state index contributed by atoms with van der Waals surface area (Å²) in [7, 11) is 0. The molecule has 1 heterocycles. The Morgan fingerprint density at radius 3 is 2.32 bits per heavy atom. The van der Waals surface area contributed by atoms with Crippen molar-refractivity contribution in [2.75, 3.05) is 26.2 Å². The van der Waals surface area contributed by atoms with Crippen LogP contribution in [-0.2, 0) is 0 Å². The van der Waals surface area contributed by atoms with Crippen LogP contribution >= 0.6 is 56.7 Å². The van der Waals surface area contributed by atoms with Gasteiger partial charge >= 0.3 is 0 Å². The van der Waals surface area contributed by atoms with Crippen molar-refractivity contribution >= 4 is 56.7 Å². The second-order valence-corrected chi connectivity index (χ2v) is 6.09. The fourth-order valence-corrected chi connectivity index (χ4v) is 3.06. The Hall–Kier alpha value is 0.680. The van der Waals surface area contributed by atoms with Gasteiger partial charge < -0.3 is 5.32 Å². The third kappa shape index (κ3) is 5.18. The van der Waals surface area contributed by atoms with Gasteiger partial charge in [0.15, 0.2) is 0 Å². The number of nitrogens with one attached hydrogen (secondary N) is 1. The van der Waals surface area contributed by atoms with E-state index in [0.29, 0.717) is 6.04 Å². The van der Waals surface area contributed by atoms with Gasteiger partial charge in [-0.25, -0.2) is 0 Å². The van der Waals surface area contributed by atoms with Crippen molar-refractivity contribution in [1.29, 1.82) is 0 Å².